The van der Waals surface area contributed by atoms with Crippen LogP contribution in [0.5, 0.6) is 0 Å². The van der Waals surface area contributed by atoms with Crippen LogP contribution >= 0.6 is 0 Å². The Hall–Kier alpha value is -0.960. The fourth-order valence-electron chi connectivity index (χ4n) is 2.95. The number of hydrogen-bond donors (Lipinski definition) is 0. The van der Waals surface area contributed by atoms with Crippen LogP contribution in [0.1, 0.15) is 42.9 Å². The molecule has 3 nitrogen and oxygen atoms in total. The number of piperidine rings is 1. The van der Waals surface area contributed by atoms with Crippen LogP contribution in [0.25, 0.3) is 0 Å². The van der Waals surface area contributed by atoms with Crippen LogP contribution in [0.4, 0.5) is 0 Å². The molecular weight excluding hydrogens is 210 g/mol. The number of aromatic nitrogens is 2. The molecule has 2 fully saturated rings. The molecule has 0 bridgehead atoms. The molecule has 1 atom stereocenters. The second kappa shape index (κ2) is 4.73. The van der Waals surface area contributed by atoms with Crippen molar-refractivity contribution in [1.29, 1.82) is 0 Å². The van der Waals surface area contributed by atoms with Gasteiger partial charge >= 0.3 is 0 Å². The number of hydrogen-bond acceptors (Lipinski definition) is 3. The van der Waals surface area contributed by atoms with E-state index in [0.29, 0.717) is 5.92 Å². The van der Waals surface area contributed by atoms with Crippen LogP contribution in [0.15, 0.2) is 12.5 Å². The van der Waals surface area contributed by atoms with Gasteiger partial charge in [-0.2, -0.15) is 0 Å². The summed E-state index contributed by atoms with van der Waals surface area (Å²) >= 11 is 0. The van der Waals surface area contributed by atoms with E-state index in [4.69, 9.17) is 0 Å². The first-order valence-corrected chi connectivity index (χ1v) is 6.82. The molecule has 3 heteroatoms. The Morgan fingerprint density at radius 1 is 1.35 bits per heavy atom. The van der Waals surface area contributed by atoms with Gasteiger partial charge in [0.25, 0.3) is 0 Å². The van der Waals surface area contributed by atoms with E-state index in [9.17, 15) is 0 Å². The van der Waals surface area contributed by atoms with Crippen LogP contribution in [-0.4, -0.2) is 34.5 Å². The van der Waals surface area contributed by atoms with Crippen LogP contribution in [0.3, 0.4) is 0 Å². The lowest BCUT2D eigenvalue weighted by molar-refractivity contribution is 0.198. The zero-order valence-corrected chi connectivity index (χ0v) is 10.6. The summed E-state index contributed by atoms with van der Waals surface area (Å²) in [6.07, 6.45) is 9.16. The quantitative estimate of drug-likeness (QED) is 0.799. The van der Waals surface area contributed by atoms with Crippen molar-refractivity contribution in [2.45, 2.75) is 38.5 Å². The molecule has 92 valence electrons. The average Bonchev–Trinajstić information content (AvgIpc) is 3.14. The maximum atomic E-state index is 4.49. The third kappa shape index (κ3) is 2.65. The van der Waals surface area contributed by atoms with Gasteiger partial charge in [0.15, 0.2) is 0 Å². The lowest BCUT2D eigenvalue weighted by Gasteiger charge is -2.32. The highest BCUT2D eigenvalue weighted by Gasteiger charge is 2.28. The van der Waals surface area contributed by atoms with Gasteiger partial charge in [-0.1, -0.05) is 0 Å². The minimum absolute atomic E-state index is 0.630. The molecule has 0 aromatic carbocycles. The third-order valence-electron chi connectivity index (χ3n) is 4.04. The maximum Gasteiger partial charge on any atom is 0.115 e. The van der Waals surface area contributed by atoms with E-state index in [2.05, 4.69) is 21.8 Å². The summed E-state index contributed by atoms with van der Waals surface area (Å²) in [5, 5.41) is 0. The summed E-state index contributed by atoms with van der Waals surface area (Å²) < 4.78 is 0. The zero-order chi connectivity index (χ0) is 11.7. The topological polar surface area (TPSA) is 29.0 Å². The highest BCUT2D eigenvalue weighted by atomic mass is 15.1. The Balaban J connectivity index is 1.68. The first-order valence-electron chi connectivity index (χ1n) is 6.82. The summed E-state index contributed by atoms with van der Waals surface area (Å²) in [7, 11) is 0. The van der Waals surface area contributed by atoms with E-state index in [-0.39, 0.29) is 0 Å². The average molecular weight is 231 g/mol. The van der Waals surface area contributed by atoms with Crippen molar-refractivity contribution < 1.29 is 0 Å². The van der Waals surface area contributed by atoms with Crippen molar-refractivity contribution >= 4 is 0 Å². The SMILES string of the molecule is Cc1cncnc1[C@@H]1CCCN(CC2CC2)C1. The lowest BCUT2D eigenvalue weighted by atomic mass is 9.92. The van der Waals surface area contributed by atoms with Gasteiger partial charge in [0, 0.05) is 25.2 Å². The molecular formula is C14H21N3. The van der Waals surface area contributed by atoms with Crippen molar-refractivity contribution in [1.82, 2.24) is 14.9 Å². The lowest BCUT2D eigenvalue weighted by Crippen LogP contribution is -2.36. The van der Waals surface area contributed by atoms with Gasteiger partial charge in [0.2, 0.25) is 0 Å². The van der Waals surface area contributed by atoms with Gasteiger partial charge < -0.3 is 4.90 Å². The van der Waals surface area contributed by atoms with Crippen LogP contribution < -0.4 is 0 Å². The van der Waals surface area contributed by atoms with Gasteiger partial charge in [0.05, 0.1) is 5.69 Å². The molecule has 2 heterocycles. The summed E-state index contributed by atoms with van der Waals surface area (Å²) in [4.78, 5) is 11.2. The Morgan fingerprint density at radius 3 is 3.00 bits per heavy atom. The highest BCUT2D eigenvalue weighted by Crippen LogP contribution is 2.33. The molecule has 1 aliphatic heterocycles. The third-order valence-corrected chi connectivity index (χ3v) is 4.04. The van der Waals surface area contributed by atoms with Gasteiger partial charge in [-0.25, -0.2) is 9.97 Å². The fraction of sp³-hybridized carbons (Fsp3) is 0.714. The van der Waals surface area contributed by atoms with E-state index < -0.39 is 0 Å². The summed E-state index contributed by atoms with van der Waals surface area (Å²) in [5.74, 6) is 1.63. The van der Waals surface area contributed by atoms with Gasteiger partial charge in [-0.15, -0.1) is 0 Å². The summed E-state index contributed by atoms with van der Waals surface area (Å²) in [6, 6.07) is 0. The van der Waals surface area contributed by atoms with Crippen molar-refractivity contribution in [3.63, 3.8) is 0 Å². The second-order valence-corrected chi connectivity index (χ2v) is 5.63. The summed E-state index contributed by atoms with van der Waals surface area (Å²) in [6.45, 7) is 5.95. The van der Waals surface area contributed by atoms with E-state index in [1.165, 1.54) is 56.6 Å². The normalized spacial score (nSPS) is 26.1. The van der Waals surface area contributed by atoms with Crippen LogP contribution in [0.2, 0.25) is 0 Å². The zero-order valence-electron chi connectivity index (χ0n) is 10.6. The smallest absolute Gasteiger partial charge is 0.115 e. The second-order valence-electron chi connectivity index (χ2n) is 5.63. The molecule has 0 radical (unpaired) electrons. The van der Waals surface area contributed by atoms with E-state index >= 15 is 0 Å². The van der Waals surface area contributed by atoms with Gasteiger partial charge in [-0.3, -0.25) is 0 Å². The van der Waals surface area contributed by atoms with E-state index in [1.54, 1.807) is 6.33 Å². The van der Waals surface area contributed by atoms with Gasteiger partial charge in [-0.05, 0) is 50.6 Å². The minimum atomic E-state index is 0.630. The molecule has 1 saturated heterocycles. The minimum Gasteiger partial charge on any atom is -0.302 e. The number of aryl methyl sites for hydroxylation is 1. The van der Waals surface area contributed by atoms with Crippen LogP contribution in [-0.2, 0) is 0 Å². The first-order chi connectivity index (χ1) is 8.33. The van der Waals surface area contributed by atoms with Crippen molar-refractivity contribution in [3.05, 3.63) is 23.8 Å². The molecule has 0 unspecified atom stereocenters. The Bertz CT molecular complexity index is 387. The maximum absolute atomic E-state index is 4.49. The molecule has 1 aliphatic carbocycles. The molecule has 2 aliphatic rings. The Morgan fingerprint density at radius 2 is 2.24 bits per heavy atom. The number of nitrogens with zero attached hydrogens (tertiary/aromatic N) is 3. The molecule has 1 saturated carbocycles. The Labute approximate surface area is 103 Å². The predicted molar refractivity (Wildman–Crippen MR) is 67.9 cm³/mol. The largest absolute Gasteiger partial charge is 0.302 e. The van der Waals surface area contributed by atoms with Crippen molar-refractivity contribution in [2.75, 3.05) is 19.6 Å². The molecule has 0 spiro atoms. The van der Waals surface area contributed by atoms with Crippen molar-refractivity contribution in [2.24, 2.45) is 5.92 Å². The highest BCUT2D eigenvalue weighted by molar-refractivity contribution is 5.19. The Kier molecular flexibility index (Phi) is 3.10. The molecule has 1 aromatic heterocycles. The van der Waals surface area contributed by atoms with E-state index in [0.717, 1.165) is 5.92 Å². The van der Waals surface area contributed by atoms with E-state index in [1.807, 2.05) is 6.20 Å². The number of rotatable bonds is 3. The van der Waals surface area contributed by atoms with Crippen LogP contribution in [0, 0.1) is 12.8 Å². The van der Waals surface area contributed by atoms with Gasteiger partial charge in [0.1, 0.15) is 6.33 Å². The van der Waals surface area contributed by atoms with Crippen molar-refractivity contribution in [3.8, 4) is 0 Å². The number of likely N-dealkylation sites (tertiary alicyclic amines) is 1. The molecule has 0 N–H and O–H groups in total. The first kappa shape index (κ1) is 11.1. The predicted octanol–water partition coefficient (Wildman–Crippen LogP) is 2.37. The standard InChI is InChI=1S/C14H21N3/c1-11-7-15-10-16-14(11)13-3-2-6-17(9-13)8-12-4-5-12/h7,10,12-13H,2-6,8-9H2,1H3/t13-/m1/s1. The fourth-order valence-corrected chi connectivity index (χ4v) is 2.95. The summed E-state index contributed by atoms with van der Waals surface area (Å²) in [5.41, 5.74) is 2.53. The molecule has 1 aromatic rings. The molecule has 3 rings (SSSR count). The molecule has 17 heavy (non-hydrogen) atoms. The molecule has 0 amide bonds. The monoisotopic (exact) mass is 231 g/mol.